The Labute approximate surface area is 88.6 Å². The Bertz CT molecular complexity index is 337. The largest absolute Gasteiger partial charge is 0.478 e. The van der Waals surface area contributed by atoms with E-state index in [-0.39, 0.29) is 0 Å². The van der Waals surface area contributed by atoms with E-state index in [0.29, 0.717) is 24.1 Å². The minimum Gasteiger partial charge on any atom is -0.478 e. The maximum atomic E-state index is 5.77. The van der Waals surface area contributed by atoms with Crippen LogP contribution < -0.4 is 10.5 Å². The van der Waals surface area contributed by atoms with Crippen molar-refractivity contribution in [1.29, 1.82) is 0 Å². The zero-order valence-electron chi connectivity index (χ0n) is 8.77. The Morgan fingerprint density at radius 1 is 1.53 bits per heavy atom. The zero-order valence-corrected chi connectivity index (χ0v) is 8.77. The molecule has 1 saturated heterocycles. The van der Waals surface area contributed by atoms with E-state index >= 15 is 0 Å². The van der Waals surface area contributed by atoms with Crippen LogP contribution in [0.5, 0.6) is 5.88 Å². The number of hydrogen-bond donors (Lipinski definition) is 1. The van der Waals surface area contributed by atoms with Crippen molar-refractivity contribution in [2.45, 2.75) is 18.8 Å². The number of nitrogens with zero attached hydrogens (tertiary/aromatic N) is 2. The standard InChI is InChI=1S/C10H15N3O2/c1-14-10-8(11)5-9(12-13-10)7-3-2-4-15-6-7/h5,7H,2-4,6H2,1H3,(H2,11,12). The van der Waals surface area contributed by atoms with Crippen LogP contribution in [-0.2, 0) is 4.74 Å². The van der Waals surface area contributed by atoms with E-state index in [1.165, 1.54) is 7.11 Å². The van der Waals surface area contributed by atoms with Gasteiger partial charge in [-0.2, -0.15) is 5.10 Å². The van der Waals surface area contributed by atoms with Crippen molar-refractivity contribution in [3.05, 3.63) is 11.8 Å². The molecule has 0 saturated carbocycles. The van der Waals surface area contributed by atoms with E-state index in [4.69, 9.17) is 15.2 Å². The quantitative estimate of drug-likeness (QED) is 0.785. The number of nitrogens with two attached hydrogens (primary N) is 1. The molecule has 0 aromatic carbocycles. The van der Waals surface area contributed by atoms with E-state index < -0.39 is 0 Å². The van der Waals surface area contributed by atoms with Crippen LogP contribution in [-0.4, -0.2) is 30.5 Å². The topological polar surface area (TPSA) is 70.3 Å². The third-order valence-corrected chi connectivity index (χ3v) is 2.58. The normalized spacial score (nSPS) is 21.3. The fraction of sp³-hybridized carbons (Fsp3) is 0.600. The first-order valence-corrected chi connectivity index (χ1v) is 5.06. The van der Waals surface area contributed by atoms with Gasteiger partial charge in [0.15, 0.2) is 0 Å². The molecule has 1 aromatic rings. The number of ether oxygens (including phenoxy) is 2. The monoisotopic (exact) mass is 209 g/mol. The van der Waals surface area contributed by atoms with Gasteiger partial charge in [0.2, 0.25) is 0 Å². The molecule has 15 heavy (non-hydrogen) atoms. The van der Waals surface area contributed by atoms with E-state index in [1.807, 2.05) is 6.07 Å². The lowest BCUT2D eigenvalue weighted by Gasteiger charge is -2.21. The van der Waals surface area contributed by atoms with Gasteiger partial charge in [0, 0.05) is 12.5 Å². The molecular weight excluding hydrogens is 194 g/mol. The number of nitrogen functional groups attached to an aromatic ring is 1. The molecule has 82 valence electrons. The Morgan fingerprint density at radius 2 is 2.40 bits per heavy atom. The maximum Gasteiger partial charge on any atom is 0.256 e. The van der Waals surface area contributed by atoms with Gasteiger partial charge < -0.3 is 15.2 Å². The number of hydrogen-bond acceptors (Lipinski definition) is 5. The zero-order chi connectivity index (χ0) is 10.7. The summed E-state index contributed by atoms with van der Waals surface area (Å²) in [6, 6.07) is 1.82. The van der Waals surface area contributed by atoms with Crippen LogP contribution in [0.25, 0.3) is 0 Å². The summed E-state index contributed by atoms with van der Waals surface area (Å²) < 4.78 is 10.4. The summed E-state index contributed by atoms with van der Waals surface area (Å²) in [6.45, 7) is 1.55. The molecule has 2 rings (SSSR count). The van der Waals surface area contributed by atoms with Crippen molar-refractivity contribution < 1.29 is 9.47 Å². The molecule has 1 aromatic heterocycles. The molecule has 0 bridgehead atoms. The average Bonchev–Trinajstić information content (AvgIpc) is 2.30. The first-order valence-electron chi connectivity index (χ1n) is 5.06. The van der Waals surface area contributed by atoms with Gasteiger partial charge in [-0.3, -0.25) is 0 Å². The van der Waals surface area contributed by atoms with Crippen LogP contribution in [0, 0.1) is 0 Å². The van der Waals surface area contributed by atoms with E-state index in [9.17, 15) is 0 Å². The predicted octanol–water partition coefficient (Wildman–Crippen LogP) is 0.961. The average molecular weight is 209 g/mol. The summed E-state index contributed by atoms with van der Waals surface area (Å²) in [7, 11) is 1.53. The van der Waals surface area contributed by atoms with Crippen LogP contribution in [0.4, 0.5) is 5.69 Å². The van der Waals surface area contributed by atoms with Crippen molar-refractivity contribution >= 4 is 5.69 Å². The Balaban J connectivity index is 2.17. The van der Waals surface area contributed by atoms with Crippen molar-refractivity contribution in [2.24, 2.45) is 0 Å². The SMILES string of the molecule is COc1nnc(C2CCCOC2)cc1N. The molecular formula is C10H15N3O2. The third-order valence-electron chi connectivity index (χ3n) is 2.58. The number of aromatic nitrogens is 2. The second-order valence-electron chi connectivity index (χ2n) is 3.65. The smallest absolute Gasteiger partial charge is 0.256 e. The summed E-state index contributed by atoms with van der Waals surface area (Å²) in [5, 5.41) is 8.02. The summed E-state index contributed by atoms with van der Waals surface area (Å²) >= 11 is 0. The molecule has 1 fully saturated rings. The Morgan fingerprint density at radius 3 is 3.00 bits per heavy atom. The van der Waals surface area contributed by atoms with Gasteiger partial charge in [-0.25, -0.2) is 0 Å². The first kappa shape index (κ1) is 10.2. The summed E-state index contributed by atoms with van der Waals surface area (Å²) in [4.78, 5) is 0. The van der Waals surface area contributed by atoms with Crippen LogP contribution in [0.2, 0.25) is 0 Å². The van der Waals surface area contributed by atoms with Crippen molar-refractivity contribution in [2.75, 3.05) is 26.1 Å². The number of anilines is 1. The van der Waals surface area contributed by atoms with Gasteiger partial charge in [-0.15, -0.1) is 5.10 Å². The minimum absolute atomic E-state index is 0.319. The summed E-state index contributed by atoms with van der Waals surface area (Å²) in [5.41, 5.74) is 7.20. The lowest BCUT2D eigenvalue weighted by atomic mass is 9.98. The molecule has 1 aliphatic heterocycles. The lowest BCUT2D eigenvalue weighted by molar-refractivity contribution is 0.0790. The van der Waals surface area contributed by atoms with Gasteiger partial charge in [-0.1, -0.05) is 0 Å². The van der Waals surface area contributed by atoms with Crippen molar-refractivity contribution in [1.82, 2.24) is 10.2 Å². The van der Waals surface area contributed by atoms with Gasteiger partial charge in [0.1, 0.15) is 0 Å². The fourth-order valence-electron chi connectivity index (χ4n) is 1.74. The molecule has 1 unspecified atom stereocenters. The highest BCUT2D eigenvalue weighted by Crippen LogP contribution is 2.26. The molecule has 5 heteroatoms. The number of methoxy groups -OCH3 is 1. The Kier molecular flexibility index (Phi) is 3.01. The molecule has 1 atom stereocenters. The molecule has 5 nitrogen and oxygen atoms in total. The van der Waals surface area contributed by atoms with Gasteiger partial charge in [-0.05, 0) is 18.9 Å². The molecule has 0 amide bonds. The van der Waals surface area contributed by atoms with Crippen molar-refractivity contribution in [3.63, 3.8) is 0 Å². The molecule has 0 spiro atoms. The molecule has 2 heterocycles. The predicted molar refractivity (Wildman–Crippen MR) is 55.8 cm³/mol. The Hall–Kier alpha value is -1.36. The van der Waals surface area contributed by atoms with E-state index in [2.05, 4.69) is 10.2 Å². The van der Waals surface area contributed by atoms with Gasteiger partial charge in [0.25, 0.3) is 5.88 Å². The molecule has 1 aliphatic rings. The van der Waals surface area contributed by atoms with Crippen molar-refractivity contribution in [3.8, 4) is 5.88 Å². The summed E-state index contributed by atoms with van der Waals surface area (Å²) in [6.07, 6.45) is 2.15. The highest BCUT2D eigenvalue weighted by Gasteiger charge is 2.18. The second kappa shape index (κ2) is 4.44. The van der Waals surface area contributed by atoms with Crippen LogP contribution >= 0.6 is 0 Å². The minimum atomic E-state index is 0.319. The van der Waals surface area contributed by atoms with Gasteiger partial charge >= 0.3 is 0 Å². The molecule has 2 N–H and O–H groups in total. The molecule has 0 radical (unpaired) electrons. The van der Waals surface area contributed by atoms with E-state index in [1.54, 1.807) is 0 Å². The van der Waals surface area contributed by atoms with Crippen LogP contribution in [0.3, 0.4) is 0 Å². The van der Waals surface area contributed by atoms with Gasteiger partial charge in [0.05, 0.1) is 25.1 Å². The maximum absolute atomic E-state index is 5.77. The molecule has 0 aliphatic carbocycles. The third kappa shape index (κ3) is 2.18. The number of rotatable bonds is 2. The lowest BCUT2D eigenvalue weighted by Crippen LogP contribution is -2.17. The summed E-state index contributed by atoms with van der Waals surface area (Å²) in [5.74, 6) is 0.704. The highest BCUT2D eigenvalue weighted by molar-refractivity contribution is 5.48. The fourth-order valence-corrected chi connectivity index (χ4v) is 1.74. The van der Waals surface area contributed by atoms with Crippen LogP contribution in [0.15, 0.2) is 6.07 Å². The highest BCUT2D eigenvalue weighted by atomic mass is 16.5. The first-order chi connectivity index (χ1) is 7.31. The second-order valence-corrected chi connectivity index (χ2v) is 3.65. The van der Waals surface area contributed by atoms with E-state index in [0.717, 1.165) is 25.1 Å². The van der Waals surface area contributed by atoms with Crippen LogP contribution in [0.1, 0.15) is 24.5 Å².